The molecule has 0 saturated heterocycles. The van der Waals surface area contributed by atoms with Crippen LogP contribution in [0, 0.1) is 10.1 Å². The molecule has 0 aliphatic rings. The van der Waals surface area contributed by atoms with Crippen LogP contribution in [-0.2, 0) is 6.54 Å². The van der Waals surface area contributed by atoms with Crippen LogP contribution in [0.3, 0.4) is 0 Å². The van der Waals surface area contributed by atoms with E-state index >= 15 is 0 Å². The molecule has 0 radical (unpaired) electrons. The molecule has 2 N–H and O–H groups in total. The molecule has 0 bridgehead atoms. The Morgan fingerprint density at radius 3 is 2.62 bits per heavy atom. The lowest BCUT2D eigenvalue weighted by Crippen LogP contribution is -2.34. The second kappa shape index (κ2) is 6.42. The molecule has 8 nitrogen and oxygen atoms in total. The van der Waals surface area contributed by atoms with Crippen molar-refractivity contribution >= 4 is 5.69 Å². The van der Waals surface area contributed by atoms with Crippen LogP contribution in [0.4, 0.5) is 5.69 Å². The number of hydrogen-bond donors (Lipinski definition) is 2. The quantitative estimate of drug-likeness (QED) is 0.612. The normalized spacial score (nSPS) is 13.9. The molecule has 112 valence electrons. The van der Waals surface area contributed by atoms with Gasteiger partial charge in [0.2, 0.25) is 11.7 Å². The molecule has 0 aliphatic carbocycles. The van der Waals surface area contributed by atoms with Crippen molar-refractivity contribution in [2.24, 2.45) is 0 Å². The van der Waals surface area contributed by atoms with Gasteiger partial charge < -0.3 is 14.9 Å². The van der Waals surface area contributed by atoms with Crippen molar-refractivity contribution in [3.05, 3.63) is 40.3 Å². The van der Waals surface area contributed by atoms with Gasteiger partial charge in [0.05, 0.1) is 17.6 Å². The lowest BCUT2D eigenvalue weighted by atomic mass is 10.2. The van der Waals surface area contributed by atoms with Crippen LogP contribution in [-0.4, -0.2) is 32.3 Å². The zero-order valence-electron chi connectivity index (χ0n) is 11.7. The van der Waals surface area contributed by atoms with Gasteiger partial charge in [0, 0.05) is 23.7 Å². The van der Waals surface area contributed by atoms with Crippen molar-refractivity contribution in [2.45, 2.75) is 32.5 Å². The summed E-state index contributed by atoms with van der Waals surface area (Å²) in [6, 6.07) is 5.81. The lowest BCUT2D eigenvalue weighted by molar-refractivity contribution is -0.384. The van der Waals surface area contributed by atoms with E-state index in [2.05, 4.69) is 15.5 Å². The summed E-state index contributed by atoms with van der Waals surface area (Å²) >= 11 is 0. The molecular formula is C13H16N4O4. The fraction of sp³-hybridized carbons (Fsp3) is 0.385. The molecule has 1 aromatic carbocycles. The number of rotatable bonds is 6. The average Bonchev–Trinajstić information content (AvgIpc) is 2.93. The standard InChI is InChI=1S/C13H16N4O4/c1-8(9(2)18)14-7-12-15-13(16-21-12)10-3-5-11(6-4-10)17(19)20/h3-6,8-9,14,18H,7H2,1-2H3. The Kier molecular flexibility index (Phi) is 4.61. The van der Waals surface area contributed by atoms with E-state index in [0.29, 0.717) is 23.8 Å². The monoisotopic (exact) mass is 292 g/mol. The summed E-state index contributed by atoms with van der Waals surface area (Å²) in [5, 5.41) is 26.8. The molecule has 2 unspecified atom stereocenters. The number of nitro benzene ring substituents is 1. The number of nitrogens with zero attached hydrogens (tertiary/aromatic N) is 3. The number of aliphatic hydroxyl groups excluding tert-OH is 1. The van der Waals surface area contributed by atoms with Crippen LogP contribution in [0.15, 0.2) is 28.8 Å². The van der Waals surface area contributed by atoms with E-state index in [1.54, 1.807) is 19.1 Å². The summed E-state index contributed by atoms with van der Waals surface area (Å²) in [6.07, 6.45) is -0.484. The Balaban J connectivity index is 2.04. The Morgan fingerprint density at radius 2 is 2.05 bits per heavy atom. The van der Waals surface area contributed by atoms with E-state index < -0.39 is 11.0 Å². The third-order valence-electron chi connectivity index (χ3n) is 3.10. The van der Waals surface area contributed by atoms with Crippen molar-refractivity contribution in [3.8, 4) is 11.4 Å². The van der Waals surface area contributed by atoms with E-state index in [1.807, 2.05) is 6.92 Å². The minimum atomic E-state index is -0.484. The topological polar surface area (TPSA) is 114 Å². The summed E-state index contributed by atoms with van der Waals surface area (Å²) in [7, 11) is 0. The molecule has 1 heterocycles. The summed E-state index contributed by atoms with van der Waals surface area (Å²) in [5.74, 6) is 0.752. The predicted molar refractivity (Wildman–Crippen MR) is 74.4 cm³/mol. The highest BCUT2D eigenvalue weighted by Gasteiger charge is 2.13. The van der Waals surface area contributed by atoms with Crippen LogP contribution in [0.1, 0.15) is 19.7 Å². The Bertz CT molecular complexity index is 609. The highest BCUT2D eigenvalue weighted by Crippen LogP contribution is 2.19. The maximum absolute atomic E-state index is 10.6. The first-order valence-electron chi connectivity index (χ1n) is 6.46. The van der Waals surface area contributed by atoms with E-state index in [1.165, 1.54) is 12.1 Å². The number of hydrogen-bond acceptors (Lipinski definition) is 7. The van der Waals surface area contributed by atoms with Gasteiger partial charge in [-0.2, -0.15) is 4.98 Å². The molecule has 21 heavy (non-hydrogen) atoms. The van der Waals surface area contributed by atoms with Crippen molar-refractivity contribution in [3.63, 3.8) is 0 Å². The van der Waals surface area contributed by atoms with Gasteiger partial charge in [-0.1, -0.05) is 5.16 Å². The predicted octanol–water partition coefficient (Wildman–Crippen LogP) is 1.50. The maximum atomic E-state index is 10.6. The first-order valence-corrected chi connectivity index (χ1v) is 6.46. The molecule has 2 rings (SSSR count). The smallest absolute Gasteiger partial charge is 0.269 e. The largest absolute Gasteiger partial charge is 0.392 e. The highest BCUT2D eigenvalue weighted by molar-refractivity contribution is 5.56. The Hall–Kier alpha value is -2.32. The molecule has 0 saturated carbocycles. The van der Waals surface area contributed by atoms with Crippen molar-refractivity contribution in [1.82, 2.24) is 15.5 Å². The summed E-state index contributed by atoms with van der Waals surface area (Å²) < 4.78 is 5.09. The number of non-ortho nitro benzene ring substituents is 1. The third-order valence-corrected chi connectivity index (χ3v) is 3.10. The van der Waals surface area contributed by atoms with Gasteiger partial charge in [-0.3, -0.25) is 10.1 Å². The summed E-state index contributed by atoms with van der Waals surface area (Å²) in [5.41, 5.74) is 0.647. The van der Waals surface area contributed by atoms with Crippen LogP contribution < -0.4 is 5.32 Å². The number of aromatic nitrogens is 2. The molecule has 2 atom stereocenters. The average molecular weight is 292 g/mol. The molecule has 8 heteroatoms. The molecule has 0 fully saturated rings. The van der Waals surface area contributed by atoms with Gasteiger partial charge in [0.1, 0.15) is 0 Å². The minimum absolute atomic E-state index is 0.00916. The van der Waals surface area contributed by atoms with Crippen molar-refractivity contribution < 1.29 is 14.6 Å². The van der Waals surface area contributed by atoms with E-state index in [-0.39, 0.29) is 11.7 Å². The van der Waals surface area contributed by atoms with E-state index in [4.69, 9.17) is 4.52 Å². The fourth-order valence-corrected chi connectivity index (χ4v) is 1.59. The van der Waals surface area contributed by atoms with E-state index in [0.717, 1.165) is 0 Å². The summed E-state index contributed by atoms with van der Waals surface area (Å²) in [6.45, 7) is 3.87. The molecule has 0 aliphatic heterocycles. The third kappa shape index (κ3) is 3.83. The van der Waals surface area contributed by atoms with Gasteiger partial charge in [0.15, 0.2) is 0 Å². The van der Waals surface area contributed by atoms with Crippen molar-refractivity contribution in [1.29, 1.82) is 0 Å². The van der Waals surface area contributed by atoms with Gasteiger partial charge in [-0.15, -0.1) is 0 Å². The molecular weight excluding hydrogens is 276 g/mol. The van der Waals surface area contributed by atoms with Crippen LogP contribution in [0.25, 0.3) is 11.4 Å². The highest BCUT2D eigenvalue weighted by atomic mass is 16.6. The first-order chi connectivity index (χ1) is 9.97. The van der Waals surface area contributed by atoms with Gasteiger partial charge >= 0.3 is 0 Å². The zero-order valence-corrected chi connectivity index (χ0v) is 11.7. The minimum Gasteiger partial charge on any atom is -0.392 e. The molecule has 2 aromatic rings. The van der Waals surface area contributed by atoms with Crippen molar-refractivity contribution in [2.75, 3.05) is 0 Å². The van der Waals surface area contributed by atoms with Crippen LogP contribution in [0.2, 0.25) is 0 Å². The number of aliphatic hydroxyl groups is 1. The second-order valence-electron chi connectivity index (χ2n) is 4.73. The second-order valence-corrected chi connectivity index (χ2v) is 4.73. The molecule has 0 amide bonds. The number of nitrogens with one attached hydrogen (secondary N) is 1. The molecule has 1 aromatic heterocycles. The van der Waals surface area contributed by atoms with Gasteiger partial charge in [-0.25, -0.2) is 0 Å². The van der Waals surface area contributed by atoms with Gasteiger partial charge in [-0.05, 0) is 26.0 Å². The lowest BCUT2D eigenvalue weighted by Gasteiger charge is -2.14. The number of benzene rings is 1. The SMILES string of the molecule is CC(O)C(C)NCc1nc(-c2ccc([N+](=O)[O-])cc2)no1. The molecule has 0 spiro atoms. The number of nitro groups is 1. The summed E-state index contributed by atoms with van der Waals surface area (Å²) in [4.78, 5) is 14.3. The zero-order chi connectivity index (χ0) is 15.4. The van der Waals surface area contributed by atoms with Crippen LogP contribution in [0.5, 0.6) is 0 Å². The first kappa shape index (κ1) is 15.1. The van der Waals surface area contributed by atoms with Gasteiger partial charge in [0.25, 0.3) is 5.69 Å². The Labute approximate surface area is 120 Å². The maximum Gasteiger partial charge on any atom is 0.269 e. The Morgan fingerprint density at radius 1 is 1.38 bits per heavy atom. The van der Waals surface area contributed by atoms with E-state index in [9.17, 15) is 15.2 Å². The van der Waals surface area contributed by atoms with Crippen LogP contribution >= 0.6 is 0 Å². The fourth-order valence-electron chi connectivity index (χ4n) is 1.59.